The first kappa shape index (κ1) is 77.8. The fraction of sp³-hybridized carbons (Fsp3) is 0.735. The molecule has 0 aromatic rings. The van der Waals surface area contributed by atoms with Crippen molar-refractivity contribution in [1.82, 2.24) is 0 Å². The average Bonchev–Trinajstić information content (AvgIpc) is 3.24. The first-order chi connectivity index (χ1) is 42.2. The van der Waals surface area contributed by atoms with Crippen molar-refractivity contribution in [2.75, 3.05) is 39.6 Å². The Balaban J connectivity index is 0.000000399. The van der Waals surface area contributed by atoms with Crippen LogP contribution in [0.25, 0.3) is 0 Å². The molecule has 0 aromatic carbocycles. The zero-order chi connectivity index (χ0) is 65.2. The summed E-state index contributed by atoms with van der Waals surface area (Å²) in [4.78, 5) is 111. The molecule has 88 heavy (non-hydrogen) atoms. The van der Waals surface area contributed by atoms with Crippen LogP contribution in [0.15, 0.2) is 50.6 Å². The largest absolute Gasteiger partial charge is 0.481 e. The quantitative estimate of drug-likeness (QED) is 0.0257. The summed E-state index contributed by atoms with van der Waals surface area (Å²) in [6.45, 7) is 19.0. The van der Waals surface area contributed by atoms with Crippen molar-refractivity contribution < 1.29 is 96.8 Å². The molecule has 20 heteroatoms. The Morgan fingerprint density at radius 2 is 0.489 bits per heavy atom. The Hall–Kier alpha value is -6.34. The molecule has 498 valence electrons. The Morgan fingerprint density at radius 1 is 0.284 bits per heavy atom. The molecule has 20 nitrogen and oxygen atoms in total. The van der Waals surface area contributed by atoms with Gasteiger partial charge in [-0.1, -0.05) is 53.0 Å². The molecule has 0 bridgehead atoms. The molecule has 6 aliphatic carbocycles. The number of carboxylic acids is 4. The van der Waals surface area contributed by atoms with E-state index in [0.29, 0.717) is 74.8 Å². The highest BCUT2D eigenvalue weighted by Crippen LogP contribution is 2.44. The molecule has 0 heterocycles. The van der Waals surface area contributed by atoms with Crippen LogP contribution in [-0.4, -0.2) is 120 Å². The van der Waals surface area contributed by atoms with Crippen molar-refractivity contribution in [1.29, 1.82) is 0 Å². The summed E-state index contributed by atoms with van der Waals surface area (Å²) < 4.78 is 29.5. The van der Waals surface area contributed by atoms with Crippen LogP contribution in [0.1, 0.15) is 206 Å². The molecule has 6 saturated carbocycles. The van der Waals surface area contributed by atoms with Crippen LogP contribution < -0.4 is 0 Å². The first-order valence-electron chi connectivity index (χ1n) is 32.6. The monoisotopic (exact) mass is 1240 g/mol. The minimum absolute atomic E-state index is 0.00444. The number of rotatable bonds is 27. The predicted molar refractivity (Wildman–Crippen MR) is 329 cm³/mol. The summed E-state index contributed by atoms with van der Waals surface area (Å²) in [7, 11) is 0. The predicted octanol–water partition coefficient (Wildman–Crippen LogP) is 12.5. The molecule has 6 aliphatic rings. The summed E-state index contributed by atoms with van der Waals surface area (Å²) in [6.07, 6.45) is 31.9. The lowest BCUT2D eigenvalue weighted by molar-refractivity contribution is -0.154. The van der Waals surface area contributed by atoms with Gasteiger partial charge >= 0.3 is 59.7 Å². The molecule has 0 spiro atoms. The Morgan fingerprint density at radius 3 is 0.727 bits per heavy atom. The average molecular weight is 1240 g/mol. The van der Waals surface area contributed by atoms with E-state index in [1.165, 1.54) is 6.08 Å². The SMILES string of the molecule is C=CC(=O)OCCC.C=CC(=O)OCCCCC.C=CC(=O)OCCCCOC(=O)C1CCC(C2CCC(C(=O)O)CC2)CC1.C=CC(=O)OCCOC(=O)C1CCC(C2CCC(C(=O)O)CC2)CC1.O=C(O)C1CCC(C2CCC(C(=O)O)CC2)CC1. The van der Waals surface area contributed by atoms with E-state index in [-0.39, 0.29) is 72.6 Å². The summed E-state index contributed by atoms with van der Waals surface area (Å²) in [5.41, 5.74) is 0. The van der Waals surface area contributed by atoms with Crippen LogP contribution in [0.4, 0.5) is 0 Å². The van der Waals surface area contributed by atoms with E-state index in [9.17, 15) is 47.9 Å². The van der Waals surface area contributed by atoms with Crippen molar-refractivity contribution in [2.45, 2.75) is 206 Å². The maximum Gasteiger partial charge on any atom is 0.330 e. The second kappa shape index (κ2) is 45.8. The maximum atomic E-state index is 12.2. The molecule has 6 rings (SSSR count). The number of unbranched alkanes of at least 4 members (excludes halogenated alkanes) is 3. The van der Waals surface area contributed by atoms with Crippen LogP contribution in [0, 0.1) is 71.0 Å². The molecule has 0 unspecified atom stereocenters. The highest BCUT2D eigenvalue weighted by Gasteiger charge is 2.38. The lowest BCUT2D eigenvalue weighted by Gasteiger charge is -2.36. The Labute approximate surface area is 522 Å². The Kier molecular flexibility index (Phi) is 40.5. The van der Waals surface area contributed by atoms with Gasteiger partial charge in [-0.3, -0.25) is 28.8 Å². The highest BCUT2D eigenvalue weighted by molar-refractivity contribution is 5.82. The van der Waals surface area contributed by atoms with Gasteiger partial charge in [0.2, 0.25) is 0 Å². The van der Waals surface area contributed by atoms with Gasteiger partial charge in [0.15, 0.2) is 0 Å². The van der Waals surface area contributed by atoms with E-state index in [2.05, 4.69) is 38.0 Å². The van der Waals surface area contributed by atoms with Gasteiger partial charge in [0.1, 0.15) is 13.2 Å². The van der Waals surface area contributed by atoms with Crippen molar-refractivity contribution in [3.63, 3.8) is 0 Å². The van der Waals surface area contributed by atoms with Crippen molar-refractivity contribution >= 4 is 59.7 Å². The van der Waals surface area contributed by atoms with Crippen molar-refractivity contribution in [3.05, 3.63) is 50.6 Å². The van der Waals surface area contributed by atoms with Gasteiger partial charge in [0.05, 0.1) is 61.9 Å². The van der Waals surface area contributed by atoms with Crippen molar-refractivity contribution in [2.24, 2.45) is 71.0 Å². The fourth-order valence-corrected chi connectivity index (χ4v) is 13.0. The van der Waals surface area contributed by atoms with Crippen LogP contribution in [0.2, 0.25) is 0 Å². The zero-order valence-corrected chi connectivity index (χ0v) is 52.8. The van der Waals surface area contributed by atoms with Crippen LogP contribution >= 0.6 is 0 Å². The molecule has 0 saturated heterocycles. The van der Waals surface area contributed by atoms with E-state index in [1.807, 2.05) is 6.92 Å². The third-order valence-corrected chi connectivity index (χ3v) is 18.4. The molecule has 0 aliphatic heterocycles. The number of carboxylic acid groups (broad SMARTS) is 4. The number of aliphatic carboxylic acids is 4. The minimum Gasteiger partial charge on any atom is -0.481 e. The molecule has 6 fully saturated rings. The molecule has 4 N–H and O–H groups in total. The number of hydrogen-bond acceptors (Lipinski definition) is 16. The van der Waals surface area contributed by atoms with E-state index in [0.717, 1.165) is 198 Å². The summed E-state index contributed by atoms with van der Waals surface area (Å²) in [5.74, 6) is -1.50. The van der Waals surface area contributed by atoms with Crippen LogP contribution in [-0.2, 0) is 76.4 Å². The number of carbonyl (C=O) groups excluding carboxylic acids is 6. The van der Waals surface area contributed by atoms with Crippen LogP contribution in [0.5, 0.6) is 0 Å². The van der Waals surface area contributed by atoms with Gasteiger partial charge in [-0.05, 0) is 215 Å². The molecular formula is C68H106O20. The third-order valence-electron chi connectivity index (χ3n) is 18.4. The standard InChI is InChI=1S/C21H32O6.C19H28O6.C14H22O4.C8H14O2.C6H10O2/c1-2-19(22)26-13-3-4-14-27-21(25)18-11-7-16(8-12-18)15-5-9-17(10-6-15)20(23)24;1-2-17(20)24-11-12-25-19(23)16-9-5-14(6-10-16)13-3-7-15(8-4-13)18(21)22;15-13(16)11-5-1-9(2-6-11)10-3-7-12(8-4-10)14(17)18;1-3-5-6-7-10-8(9)4-2;1-3-5-8-6(7)4-2/h2,15-18H,1,3-14H2,(H,23,24);2,13-16H,1,3-12H2,(H,21,22);9-12H,1-8H2,(H,15,16)(H,17,18);4H,2-3,5-7H2,1H3;4H,2-3,5H2,1H3. The van der Waals surface area contributed by atoms with E-state index in [1.54, 1.807) is 0 Å². The molecular weight excluding hydrogens is 1140 g/mol. The normalized spacial score (nSPS) is 26.3. The molecule has 0 aromatic heterocycles. The Bertz CT molecular complexity index is 2110. The van der Waals surface area contributed by atoms with E-state index >= 15 is 0 Å². The smallest absolute Gasteiger partial charge is 0.330 e. The summed E-state index contributed by atoms with van der Waals surface area (Å²) >= 11 is 0. The van der Waals surface area contributed by atoms with Gasteiger partial charge in [-0.25, -0.2) is 19.2 Å². The maximum absolute atomic E-state index is 12.2. The molecule has 0 amide bonds. The topological polar surface area (TPSA) is 307 Å². The van der Waals surface area contributed by atoms with Crippen molar-refractivity contribution in [3.8, 4) is 0 Å². The second-order valence-corrected chi connectivity index (χ2v) is 24.3. The number of esters is 6. The lowest BCUT2D eigenvalue weighted by Crippen LogP contribution is -2.30. The van der Waals surface area contributed by atoms with Gasteiger partial charge in [-0.15, -0.1) is 0 Å². The van der Waals surface area contributed by atoms with Gasteiger partial charge in [0, 0.05) is 24.3 Å². The van der Waals surface area contributed by atoms with Crippen LogP contribution in [0.3, 0.4) is 0 Å². The highest BCUT2D eigenvalue weighted by atomic mass is 16.6. The molecule has 0 atom stereocenters. The van der Waals surface area contributed by atoms with Gasteiger partial charge < -0.3 is 48.8 Å². The lowest BCUT2D eigenvalue weighted by atomic mass is 9.69. The number of ether oxygens (including phenoxy) is 6. The summed E-state index contributed by atoms with van der Waals surface area (Å²) in [6, 6.07) is 0. The fourth-order valence-electron chi connectivity index (χ4n) is 13.0. The first-order valence-corrected chi connectivity index (χ1v) is 32.6. The zero-order valence-electron chi connectivity index (χ0n) is 52.8. The summed E-state index contributed by atoms with van der Waals surface area (Å²) in [5, 5.41) is 36.1. The second-order valence-electron chi connectivity index (χ2n) is 24.3. The minimum atomic E-state index is -0.663. The van der Waals surface area contributed by atoms with Gasteiger partial charge in [-0.2, -0.15) is 0 Å². The number of carbonyl (C=O) groups is 10. The van der Waals surface area contributed by atoms with Gasteiger partial charge in [0.25, 0.3) is 0 Å². The number of hydrogen-bond donors (Lipinski definition) is 4. The third kappa shape index (κ3) is 32.2. The van der Waals surface area contributed by atoms with E-state index < -0.39 is 35.8 Å². The van der Waals surface area contributed by atoms with E-state index in [4.69, 9.17) is 44.1 Å². The molecule has 0 radical (unpaired) electrons.